The summed E-state index contributed by atoms with van der Waals surface area (Å²) in [6.07, 6.45) is 5.47. The van der Waals surface area contributed by atoms with Gasteiger partial charge in [0.25, 0.3) is 0 Å². The largest absolute Gasteiger partial charge is 0.471 e. The van der Waals surface area contributed by atoms with E-state index in [4.69, 9.17) is 47.2 Å². The number of carbonyl (C=O) groups excluding carboxylic acids is 8. The fourth-order valence-corrected chi connectivity index (χ4v) is 15.2. The van der Waals surface area contributed by atoms with Gasteiger partial charge in [0.1, 0.15) is 65.5 Å². The van der Waals surface area contributed by atoms with Gasteiger partial charge in [0.05, 0.1) is 90.4 Å². The third-order valence-electron chi connectivity index (χ3n) is 22.2. The molecule has 116 heavy (non-hydrogen) atoms. The number of nitrogens with one attached hydrogen (secondary N) is 2. The summed E-state index contributed by atoms with van der Waals surface area (Å²) in [7, 11) is -3.08. The Morgan fingerprint density at radius 2 is 0.741 bits per heavy atom. The van der Waals surface area contributed by atoms with Gasteiger partial charge in [-0.15, -0.1) is 0 Å². The van der Waals surface area contributed by atoms with E-state index in [1.54, 1.807) is 25.7 Å². The van der Waals surface area contributed by atoms with Gasteiger partial charge in [-0.2, -0.15) is 0 Å². The first-order chi connectivity index (χ1) is 55.6. The van der Waals surface area contributed by atoms with Crippen LogP contribution in [0, 0.1) is 29.1 Å². The molecule has 34 heteroatoms. The lowest BCUT2D eigenvalue weighted by Gasteiger charge is -2.40. The molecule has 0 aromatic heterocycles. The molecule has 4 saturated heterocycles. The normalized spacial score (nSPS) is 26.6. The monoisotopic (exact) mass is 1680 g/mol. The molecular weight excluding hydrogens is 1540 g/mol. The summed E-state index contributed by atoms with van der Waals surface area (Å²) >= 11 is 0. The Balaban J connectivity index is 1.28. The van der Waals surface area contributed by atoms with Gasteiger partial charge >= 0.3 is 7.82 Å². The van der Waals surface area contributed by atoms with Crippen LogP contribution in [-0.4, -0.2) is 295 Å². The number of phosphoric acid groups is 1. The summed E-state index contributed by atoms with van der Waals surface area (Å²) in [5.74, 6) is -1.77. The minimum atomic E-state index is -4.17. The van der Waals surface area contributed by atoms with E-state index in [-0.39, 0.29) is 183 Å². The van der Waals surface area contributed by atoms with Crippen molar-refractivity contribution in [3.8, 4) is 0 Å². The zero-order chi connectivity index (χ0) is 85.3. The van der Waals surface area contributed by atoms with Gasteiger partial charge in [-0.3, -0.25) is 47.4 Å². The lowest BCUT2D eigenvalue weighted by atomic mass is 9.83. The first-order valence-electron chi connectivity index (χ1n) is 43.0. The van der Waals surface area contributed by atoms with E-state index in [2.05, 4.69) is 15.2 Å². The molecule has 4 aliphatic heterocycles. The summed E-state index contributed by atoms with van der Waals surface area (Å²) in [5.41, 5.74) is -1.10. The van der Waals surface area contributed by atoms with Crippen molar-refractivity contribution in [2.45, 2.75) is 332 Å². The van der Waals surface area contributed by atoms with E-state index >= 15 is 0 Å². The first kappa shape index (κ1) is 104. The van der Waals surface area contributed by atoms with Gasteiger partial charge in [-0.1, -0.05) is 79.1 Å². The third kappa shape index (κ3) is 41.8. The molecule has 33 nitrogen and oxygen atoms in total. The maximum absolute atomic E-state index is 14.2. The number of hydrogen-bond acceptors (Lipinski definition) is 29. The Bertz CT molecular complexity index is 2600. The number of likely N-dealkylation sites (tertiary alicyclic amines) is 1. The summed E-state index contributed by atoms with van der Waals surface area (Å²) in [6.45, 7) is 7.37. The quantitative estimate of drug-likeness (QED) is 0.0259. The molecule has 3 amide bonds. The number of aliphatic hydroxyl groups excluding tert-OH is 9. The van der Waals surface area contributed by atoms with Crippen molar-refractivity contribution in [3.63, 3.8) is 0 Å². The second kappa shape index (κ2) is 59.8. The zero-order valence-corrected chi connectivity index (χ0v) is 70.8. The van der Waals surface area contributed by atoms with Gasteiger partial charge in [0.15, 0.2) is 18.9 Å². The maximum Gasteiger partial charge on any atom is 0.471 e. The molecule has 0 aromatic carbocycles. The fraction of sp³-hybridized carbons (Fsp3) is 0.902. The molecule has 12 N–H and O–H groups in total. The summed E-state index contributed by atoms with van der Waals surface area (Å²) in [6, 6.07) is -0.297. The Morgan fingerprint density at radius 3 is 1.13 bits per heavy atom. The fourth-order valence-electron chi connectivity index (χ4n) is 14.8. The van der Waals surface area contributed by atoms with Crippen molar-refractivity contribution in [1.82, 2.24) is 15.5 Å². The zero-order valence-electron chi connectivity index (χ0n) is 69.9. The molecule has 18 unspecified atom stereocenters. The average Bonchev–Trinajstić information content (AvgIpc) is 1.41. The minimum Gasteiger partial charge on any atom is -0.394 e. The summed E-state index contributed by atoms with van der Waals surface area (Å²) in [4.78, 5) is 117. The van der Waals surface area contributed by atoms with Crippen LogP contribution in [0.15, 0.2) is 0 Å². The molecule has 4 heterocycles. The lowest BCUT2D eigenvalue weighted by molar-refractivity contribution is -0.282. The molecule has 18 atom stereocenters. The number of rotatable bonds is 69. The number of hydrogen-bond donors (Lipinski definition) is 12. The van der Waals surface area contributed by atoms with Crippen molar-refractivity contribution < 1.29 is 145 Å². The SMILES string of the molecule is COP(=O)(O)OCC1CC(C)CN1C(=O)CCCCCCCCCCC(=O)CC(COCCC(=O)CCCCCC(=O)CCCCOC1OC(CO)C(O)C(O)C1C)(COCCC(=O)CCCCCC(=O)CCCCOC1OC(CO)C(O)C(O)C1C)COCCC(=O)NCCCNC(=O)CCCCOC1OC(CO)C(O)C(O)C1C. The van der Waals surface area contributed by atoms with Crippen LogP contribution < -0.4 is 10.6 Å². The number of ether oxygens (including phenoxy) is 9. The van der Waals surface area contributed by atoms with Crippen LogP contribution in [0.25, 0.3) is 0 Å². The molecule has 0 aromatic rings. The van der Waals surface area contributed by atoms with Gasteiger partial charge in [-0.25, -0.2) is 4.57 Å². The standard InChI is InChI=1S/C82H146N3O30P/c1-57-47-61(53-112-116(103,104)105-5)85(49-57)72(96)35-19-11-9-7-6-8-10-14-33-66(93)48-82(54-106-44-36-64(91)29-17-12-15-27-62(89)31-20-23-41-109-79-58(2)73(97)76(100)67(50-86)113-79,55-107-45-37-65(92)30-18-13-16-28-63(90)32-21-24-42-110-80-59(3)74(98)77(101)68(51-87)114-80)56-108-46-38-71(95)84-40-26-39-83-70(94)34-22-25-43-111-81-60(4)75(99)78(102)69(52-88)115-81/h57-61,67-69,73-81,86-88,97-102H,6-56H2,1-5H3,(H,83,94)(H,84,95)(H,103,104). The molecule has 0 bridgehead atoms. The van der Waals surface area contributed by atoms with Crippen molar-refractivity contribution in [3.05, 3.63) is 0 Å². The molecule has 0 aliphatic carbocycles. The van der Waals surface area contributed by atoms with E-state index in [1.807, 2.05) is 6.92 Å². The molecule has 4 rings (SSSR count). The minimum absolute atomic E-state index is 0.00659. The van der Waals surface area contributed by atoms with E-state index in [0.29, 0.717) is 148 Å². The number of aliphatic hydroxyl groups is 9. The molecule has 4 fully saturated rings. The Labute approximate surface area is 686 Å². The molecule has 4 aliphatic rings. The smallest absolute Gasteiger partial charge is 0.394 e. The predicted octanol–water partition coefficient (Wildman–Crippen LogP) is 5.64. The number of phosphoric ester groups is 1. The highest BCUT2D eigenvalue weighted by Crippen LogP contribution is 2.43. The maximum atomic E-state index is 14.2. The molecular formula is C82H146N3O30P. The Morgan fingerprint density at radius 1 is 0.414 bits per heavy atom. The van der Waals surface area contributed by atoms with E-state index in [9.17, 15) is 93.8 Å². The van der Waals surface area contributed by atoms with Gasteiger partial charge in [0.2, 0.25) is 17.7 Å². The highest BCUT2D eigenvalue weighted by Gasteiger charge is 2.45. The Kier molecular flexibility index (Phi) is 53.9. The van der Waals surface area contributed by atoms with Gasteiger partial charge < -0.3 is 109 Å². The van der Waals surface area contributed by atoms with Gasteiger partial charge in [-0.05, 0) is 95.8 Å². The van der Waals surface area contributed by atoms with Crippen molar-refractivity contribution in [2.24, 2.45) is 29.1 Å². The van der Waals surface area contributed by atoms with E-state index < -0.39 is 125 Å². The number of unbranched alkanes of at least 4 members (excludes halogenated alkanes) is 14. The summed E-state index contributed by atoms with van der Waals surface area (Å²) < 4.78 is 74.4. The van der Waals surface area contributed by atoms with Crippen molar-refractivity contribution in [1.29, 1.82) is 0 Å². The van der Waals surface area contributed by atoms with Crippen LogP contribution >= 0.6 is 7.82 Å². The summed E-state index contributed by atoms with van der Waals surface area (Å²) in [5, 5.41) is 95.5. The van der Waals surface area contributed by atoms with Crippen molar-refractivity contribution >= 4 is 54.5 Å². The number of amides is 3. The Hall–Kier alpha value is -3.85. The second-order valence-electron chi connectivity index (χ2n) is 32.4. The number of carbonyl (C=O) groups is 8. The molecule has 0 saturated carbocycles. The lowest BCUT2D eigenvalue weighted by Crippen LogP contribution is -2.55. The van der Waals surface area contributed by atoms with Crippen LogP contribution in [0.4, 0.5) is 0 Å². The molecule has 674 valence electrons. The first-order valence-corrected chi connectivity index (χ1v) is 44.5. The number of nitrogens with zero attached hydrogens (tertiary/aromatic N) is 1. The van der Waals surface area contributed by atoms with E-state index in [1.165, 1.54) is 0 Å². The van der Waals surface area contributed by atoms with E-state index in [0.717, 1.165) is 45.6 Å². The number of Topliss-reactive ketones (excluding diaryl/α,β-unsaturated/α-hetero) is 5. The molecule has 0 spiro atoms. The third-order valence-corrected chi connectivity index (χ3v) is 23.2. The topological polar surface area (TPSA) is 485 Å². The van der Waals surface area contributed by atoms with Crippen LogP contribution in [0.5, 0.6) is 0 Å². The van der Waals surface area contributed by atoms with Crippen LogP contribution in [-0.2, 0) is 94.6 Å². The van der Waals surface area contributed by atoms with Crippen LogP contribution in [0.3, 0.4) is 0 Å². The van der Waals surface area contributed by atoms with Gasteiger partial charge in [0, 0.05) is 153 Å². The highest BCUT2D eigenvalue weighted by molar-refractivity contribution is 7.47. The average molecular weight is 1690 g/mol. The molecule has 0 radical (unpaired) electrons. The highest BCUT2D eigenvalue weighted by atomic mass is 31.2. The second-order valence-corrected chi connectivity index (χ2v) is 34.0. The van der Waals surface area contributed by atoms with Crippen LogP contribution in [0.1, 0.15) is 252 Å². The number of ketones is 5. The van der Waals surface area contributed by atoms with Crippen molar-refractivity contribution in [2.75, 3.05) is 113 Å². The van der Waals surface area contributed by atoms with Crippen LogP contribution in [0.2, 0.25) is 0 Å². The predicted molar refractivity (Wildman–Crippen MR) is 424 cm³/mol.